The van der Waals surface area contributed by atoms with Gasteiger partial charge in [0.2, 0.25) is 0 Å². The van der Waals surface area contributed by atoms with Gasteiger partial charge in [-0.15, -0.1) is 0 Å². The van der Waals surface area contributed by atoms with Crippen molar-refractivity contribution in [1.29, 1.82) is 0 Å². The molecule has 1 saturated heterocycles. The number of hydrogen-bond acceptors (Lipinski definition) is 3. The molecule has 4 nitrogen and oxygen atoms in total. The number of nitrogens with zero attached hydrogens (tertiary/aromatic N) is 2. The number of pyridine rings is 1. The van der Waals surface area contributed by atoms with Crippen LogP contribution in [0.15, 0.2) is 24.4 Å². The summed E-state index contributed by atoms with van der Waals surface area (Å²) in [7, 11) is 0. The molecule has 3 rings (SSSR count). The van der Waals surface area contributed by atoms with Crippen molar-refractivity contribution in [2.75, 3.05) is 19.8 Å². The predicted molar refractivity (Wildman–Crippen MR) is 70.6 cm³/mol. The van der Waals surface area contributed by atoms with Crippen LogP contribution >= 0.6 is 0 Å². The van der Waals surface area contributed by atoms with Crippen LogP contribution in [0.1, 0.15) is 18.3 Å². The van der Waals surface area contributed by atoms with Crippen LogP contribution in [0.3, 0.4) is 0 Å². The highest BCUT2D eigenvalue weighted by atomic mass is 16.5. The number of rotatable bonds is 4. The molecule has 0 unspecified atom stereocenters. The molecule has 0 saturated carbocycles. The van der Waals surface area contributed by atoms with Crippen molar-refractivity contribution in [3.63, 3.8) is 0 Å². The maximum atomic E-state index is 5.26. The summed E-state index contributed by atoms with van der Waals surface area (Å²) in [6, 6.07) is 6.10. The number of aryl methyl sites for hydroxylation is 1. The molecule has 18 heavy (non-hydrogen) atoms. The minimum atomic E-state index is 0.314. The first-order valence-corrected chi connectivity index (χ1v) is 6.39. The lowest BCUT2D eigenvalue weighted by Crippen LogP contribution is -2.47. The summed E-state index contributed by atoms with van der Waals surface area (Å²) in [6.07, 6.45) is 2.07. The number of hydrogen-bond donors (Lipinski definition) is 1. The van der Waals surface area contributed by atoms with Crippen LogP contribution in [0.5, 0.6) is 0 Å². The van der Waals surface area contributed by atoms with E-state index in [0.717, 1.165) is 37.6 Å². The Hall–Kier alpha value is -1.39. The molecule has 0 spiro atoms. The Morgan fingerprint density at radius 2 is 2.28 bits per heavy atom. The molecule has 0 amide bonds. The van der Waals surface area contributed by atoms with Gasteiger partial charge in [0.25, 0.3) is 0 Å². The largest absolute Gasteiger partial charge is 0.380 e. The second kappa shape index (κ2) is 4.37. The van der Waals surface area contributed by atoms with Crippen molar-refractivity contribution in [2.45, 2.75) is 20.4 Å². The maximum Gasteiger partial charge on any atom is 0.137 e. The first-order chi connectivity index (χ1) is 8.68. The monoisotopic (exact) mass is 245 g/mol. The van der Waals surface area contributed by atoms with E-state index in [-0.39, 0.29) is 0 Å². The Morgan fingerprint density at radius 3 is 3.00 bits per heavy atom. The van der Waals surface area contributed by atoms with E-state index in [1.165, 1.54) is 5.69 Å². The van der Waals surface area contributed by atoms with Gasteiger partial charge in [0.1, 0.15) is 5.65 Å². The van der Waals surface area contributed by atoms with Gasteiger partial charge in [0.05, 0.1) is 24.6 Å². The number of imidazole rings is 1. The third kappa shape index (κ3) is 2.02. The minimum Gasteiger partial charge on any atom is -0.380 e. The van der Waals surface area contributed by atoms with E-state index in [9.17, 15) is 0 Å². The Labute approximate surface area is 107 Å². The number of fused-ring (bicyclic) bond motifs is 1. The van der Waals surface area contributed by atoms with Crippen LogP contribution < -0.4 is 5.32 Å². The van der Waals surface area contributed by atoms with Gasteiger partial charge in [0.15, 0.2) is 0 Å². The smallest absolute Gasteiger partial charge is 0.137 e. The molecule has 0 aliphatic carbocycles. The Bertz CT molecular complexity index is 557. The van der Waals surface area contributed by atoms with Crippen molar-refractivity contribution < 1.29 is 4.74 Å². The van der Waals surface area contributed by atoms with Crippen LogP contribution in [0.25, 0.3) is 5.65 Å². The van der Waals surface area contributed by atoms with E-state index in [1.54, 1.807) is 0 Å². The molecular weight excluding hydrogens is 226 g/mol. The quantitative estimate of drug-likeness (QED) is 0.892. The summed E-state index contributed by atoms with van der Waals surface area (Å²) in [5.41, 5.74) is 3.68. The first kappa shape index (κ1) is 11.7. The lowest BCUT2D eigenvalue weighted by molar-refractivity contribution is -0.0991. The molecular formula is C14H19N3O. The van der Waals surface area contributed by atoms with Gasteiger partial charge in [-0.25, -0.2) is 4.98 Å². The zero-order valence-electron chi connectivity index (χ0n) is 10.9. The van der Waals surface area contributed by atoms with E-state index < -0.39 is 0 Å². The van der Waals surface area contributed by atoms with Gasteiger partial charge in [0, 0.05) is 24.7 Å². The van der Waals surface area contributed by atoms with Crippen molar-refractivity contribution in [1.82, 2.24) is 14.7 Å². The molecule has 0 aromatic carbocycles. The highest BCUT2D eigenvalue weighted by molar-refractivity contribution is 5.42. The highest BCUT2D eigenvalue weighted by Gasteiger charge is 2.32. The predicted octanol–water partition coefficient (Wildman–Crippen LogP) is 1.77. The molecule has 1 aliphatic rings. The SMILES string of the molecule is Cc1nc2ccccn2c1CNCC1(C)COC1. The van der Waals surface area contributed by atoms with Gasteiger partial charge in [-0.1, -0.05) is 13.0 Å². The average molecular weight is 245 g/mol. The van der Waals surface area contributed by atoms with E-state index in [0.29, 0.717) is 5.41 Å². The summed E-state index contributed by atoms with van der Waals surface area (Å²) in [5.74, 6) is 0. The molecule has 1 N–H and O–H groups in total. The molecule has 4 heteroatoms. The van der Waals surface area contributed by atoms with Crippen LogP contribution in [-0.4, -0.2) is 29.1 Å². The van der Waals surface area contributed by atoms with E-state index >= 15 is 0 Å². The molecule has 3 heterocycles. The fourth-order valence-corrected chi connectivity index (χ4v) is 2.41. The second-order valence-electron chi connectivity index (χ2n) is 5.48. The molecule has 1 fully saturated rings. The minimum absolute atomic E-state index is 0.314. The Morgan fingerprint density at radius 1 is 1.44 bits per heavy atom. The second-order valence-corrected chi connectivity index (χ2v) is 5.48. The third-order valence-electron chi connectivity index (χ3n) is 3.57. The van der Waals surface area contributed by atoms with Crippen LogP contribution in [0, 0.1) is 12.3 Å². The molecule has 0 bridgehead atoms. The summed E-state index contributed by atoms with van der Waals surface area (Å²) >= 11 is 0. The van der Waals surface area contributed by atoms with E-state index in [4.69, 9.17) is 4.74 Å². The van der Waals surface area contributed by atoms with Gasteiger partial charge in [-0.05, 0) is 19.1 Å². The van der Waals surface area contributed by atoms with Crippen molar-refractivity contribution >= 4 is 5.65 Å². The fourth-order valence-electron chi connectivity index (χ4n) is 2.41. The summed E-state index contributed by atoms with van der Waals surface area (Å²) in [4.78, 5) is 4.56. The lowest BCUT2D eigenvalue weighted by Gasteiger charge is -2.38. The summed E-state index contributed by atoms with van der Waals surface area (Å²) in [6.45, 7) is 7.90. The van der Waals surface area contributed by atoms with E-state index in [2.05, 4.69) is 34.7 Å². The zero-order valence-corrected chi connectivity index (χ0v) is 10.9. The van der Waals surface area contributed by atoms with Crippen molar-refractivity contribution in [2.24, 2.45) is 5.41 Å². The Kier molecular flexibility index (Phi) is 2.84. The summed E-state index contributed by atoms with van der Waals surface area (Å²) in [5, 5.41) is 3.52. The van der Waals surface area contributed by atoms with E-state index in [1.807, 2.05) is 18.2 Å². The zero-order chi connectivity index (χ0) is 12.6. The standard InChI is InChI=1S/C14H19N3O/c1-11-12(7-15-8-14(2)9-18-10-14)17-6-4-3-5-13(17)16-11/h3-6,15H,7-10H2,1-2H3. The molecule has 1 aliphatic heterocycles. The highest BCUT2D eigenvalue weighted by Crippen LogP contribution is 2.25. The molecule has 0 radical (unpaired) electrons. The van der Waals surface area contributed by atoms with Crippen LogP contribution in [-0.2, 0) is 11.3 Å². The van der Waals surface area contributed by atoms with Gasteiger partial charge >= 0.3 is 0 Å². The molecule has 2 aromatic rings. The Balaban J connectivity index is 1.72. The topological polar surface area (TPSA) is 38.6 Å². The van der Waals surface area contributed by atoms with Gasteiger partial charge in [-0.3, -0.25) is 0 Å². The number of nitrogens with one attached hydrogen (secondary N) is 1. The molecule has 0 atom stereocenters. The molecule has 96 valence electrons. The fraction of sp³-hybridized carbons (Fsp3) is 0.500. The van der Waals surface area contributed by atoms with Crippen molar-refractivity contribution in [3.05, 3.63) is 35.8 Å². The third-order valence-corrected chi connectivity index (χ3v) is 3.57. The van der Waals surface area contributed by atoms with Crippen LogP contribution in [0.4, 0.5) is 0 Å². The van der Waals surface area contributed by atoms with Crippen molar-refractivity contribution in [3.8, 4) is 0 Å². The van der Waals surface area contributed by atoms with Crippen LogP contribution in [0.2, 0.25) is 0 Å². The number of aromatic nitrogens is 2. The average Bonchev–Trinajstić information content (AvgIpc) is 2.64. The normalized spacial score (nSPS) is 17.9. The van der Waals surface area contributed by atoms with Gasteiger partial charge in [-0.2, -0.15) is 0 Å². The number of ether oxygens (including phenoxy) is 1. The maximum absolute atomic E-state index is 5.26. The first-order valence-electron chi connectivity index (χ1n) is 6.39. The van der Waals surface area contributed by atoms with Gasteiger partial charge < -0.3 is 14.5 Å². The summed E-state index contributed by atoms with van der Waals surface area (Å²) < 4.78 is 7.42. The molecule has 2 aromatic heterocycles. The lowest BCUT2D eigenvalue weighted by atomic mass is 9.89.